The highest BCUT2D eigenvalue weighted by molar-refractivity contribution is 9.10. The van der Waals surface area contributed by atoms with Crippen molar-refractivity contribution < 1.29 is 9.53 Å². The lowest BCUT2D eigenvalue weighted by Crippen LogP contribution is -2.14. The summed E-state index contributed by atoms with van der Waals surface area (Å²) < 4.78 is 6.20. The van der Waals surface area contributed by atoms with Crippen LogP contribution in [0, 0.1) is 6.92 Å². The molecule has 1 N–H and O–H groups in total. The third kappa shape index (κ3) is 3.36. The third-order valence-corrected chi connectivity index (χ3v) is 3.17. The van der Waals surface area contributed by atoms with Gasteiger partial charge in [-0.05, 0) is 54.0 Å². The van der Waals surface area contributed by atoms with Crippen LogP contribution < -0.4 is 10.1 Å². The van der Waals surface area contributed by atoms with Crippen molar-refractivity contribution in [3.8, 4) is 5.75 Å². The predicted molar refractivity (Wildman–Crippen MR) is 82.2 cm³/mol. The molecule has 0 fully saturated rings. The van der Waals surface area contributed by atoms with Gasteiger partial charge in [-0.2, -0.15) is 0 Å². The van der Waals surface area contributed by atoms with Crippen LogP contribution in [0.5, 0.6) is 5.75 Å². The molecule has 20 heavy (non-hydrogen) atoms. The van der Waals surface area contributed by atoms with E-state index < -0.39 is 0 Å². The molecule has 1 amide bonds. The van der Waals surface area contributed by atoms with Crippen LogP contribution in [0.3, 0.4) is 0 Å². The first-order valence-electron chi connectivity index (χ1n) is 6.28. The Kier molecular flexibility index (Phi) is 4.74. The average molecular weight is 335 g/mol. The van der Waals surface area contributed by atoms with Crippen LogP contribution in [0.1, 0.15) is 23.0 Å². The van der Waals surface area contributed by atoms with Gasteiger partial charge in [-0.25, -0.2) is 4.98 Å². The molecule has 0 aliphatic heterocycles. The van der Waals surface area contributed by atoms with Crippen molar-refractivity contribution in [3.05, 3.63) is 52.3 Å². The molecule has 0 atom stereocenters. The van der Waals surface area contributed by atoms with Gasteiger partial charge in [0.05, 0.1) is 23.6 Å². The van der Waals surface area contributed by atoms with Crippen LogP contribution in [0.15, 0.2) is 41.0 Å². The van der Waals surface area contributed by atoms with Crippen LogP contribution in [0.2, 0.25) is 0 Å². The topological polar surface area (TPSA) is 51.2 Å². The van der Waals surface area contributed by atoms with Crippen molar-refractivity contribution in [1.29, 1.82) is 0 Å². The fraction of sp³-hybridized carbons (Fsp3) is 0.200. The molecule has 0 saturated heterocycles. The number of halogens is 1. The summed E-state index contributed by atoms with van der Waals surface area (Å²) in [6.45, 7) is 4.25. The van der Waals surface area contributed by atoms with Crippen molar-refractivity contribution >= 4 is 27.5 Å². The minimum absolute atomic E-state index is 0.207. The molecule has 0 unspecified atom stereocenters. The second-order valence-electron chi connectivity index (χ2n) is 4.15. The Balaban J connectivity index is 2.24. The molecule has 0 bridgehead atoms. The van der Waals surface area contributed by atoms with E-state index in [0.717, 1.165) is 10.3 Å². The molecule has 0 aliphatic rings. The van der Waals surface area contributed by atoms with Gasteiger partial charge in [-0.3, -0.25) is 4.79 Å². The smallest absolute Gasteiger partial charge is 0.259 e. The number of ether oxygens (including phenoxy) is 1. The number of nitrogens with zero attached hydrogens (tertiary/aromatic N) is 1. The zero-order chi connectivity index (χ0) is 14.5. The molecule has 5 heteroatoms. The lowest BCUT2D eigenvalue weighted by Gasteiger charge is -2.11. The van der Waals surface area contributed by atoms with E-state index in [1.807, 2.05) is 32.0 Å². The zero-order valence-electron chi connectivity index (χ0n) is 11.3. The number of benzene rings is 1. The number of aromatic nitrogens is 1. The molecule has 1 aromatic heterocycles. The monoisotopic (exact) mass is 334 g/mol. The van der Waals surface area contributed by atoms with E-state index in [2.05, 4.69) is 26.2 Å². The Morgan fingerprint density at radius 3 is 2.75 bits per heavy atom. The second-order valence-corrected chi connectivity index (χ2v) is 4.96. The van der Waals surface area contributed by atoms with E-state index in [1.54, 1.807) is 18.2 Å². The van der Waals surface area contributed by atoms with Crippen LogP contribution in [-0.2, 0) is 0 Å². The summed E-state index contributed by atoms with van der Waals surface area (Å²) in [4.78, 5) is 16.6. The minimum atomic E-state index is -0.207. The van der Waals surface area contributed by atoms with Gasteiger partial charge in [0.15, 0.2) is 0 Å². The number of nitrogens with one attached hydrogen (secondary N) is 1. The van der Waals surface area contributed by atoms with Crippen molar-refractivity contribution in [2.24, 2.45) is 0 Å². The molecule has 104 valence electrons. The maximum Gasteiger partial charge on any atom is 0.259 e. The van der Waals surface area contributed by atoms with Crippen LogP contribution >= 0.6 is 15.9 Å². The Hall–Kier alpha value is -1.88. The van der Waals surface area contributed by atoms with Gasteiger partial charge >= 0.3 is 0 Å². The summed E-state index contributed by atoms with van der Waals surface area (Å²) in [6, 6.07) is 10.8. The molecule has 2 rings (SSSR count). The lowest BCUT2D eigenvalue weighted by molar-refractivity contribution is 0.102. The first-order valence-corrected chi connectivity index (χ1v) is 7.07. The molecular formula is C15H15BrN2O2. The number of hydrogen-bond donors (Lipinski definition) is 1. The average Bonchev–Trinajstić information content (AvgIpc) is 2.43. The normalized spacial score (nSPS) is 10.2. The van der Waals surface area contributed by atoms with Crippen molar-refractivity contribution in [2.75, 3.05) is 11.9 Å². The Morgan fingerprint density at radius 1 is 1.30 bits per heavy atom. The fourth-order valence-electron chi connectivity index (χ4n) is 1.79. The molecule has 1 aromatic carbocycles. The molecule has 0 saturated carbocycles. The van der Waals surface area contributed by atoms with E-state index >= 15 is 0 Å². The Morgan fingerprint density at radius 2 is 2.05 bits per heavy atom. The molecule has 2 aromatic rings. The fourth-order valence-corrected chi connectivity index (χ4v) is 2.19. The quantitative estimate of drug-likeness (QED) is 0.865. The SMILES string of the molecule is CCOc1ccccc1C(=O)Nc1ccc(Br)nc1C. The van der Waals surface area contributed by atoms with Gasteiger partial charge in [-0.15, -0.1) is 0 Å². The molecule has 0 aliphatic carbocycles. The van der Waals surface area contributed by atoms with Gasteiger partial charge < -0.3 is 10.1 Å². The number of anilines is 1. The van der Waals surface area contributed by atoms with E-state index in [1.165, 1.54) is 0 Å². The molecule has 4 nitrogen and oxygen atoms in total. The number of carbonyl (C=O) groups excluding carboxylic acids is 1. The standard InChI is InChI=1S/C15H15BrN2O2/c1-3-20-13-7-5-4-6-11(13)15(19)18-12-8-9-14(16)17-10(12)2/h4-9H,3H2,1-2H3,(H,18,19). The molecule has 0 spiro atoms. The summed E-state index contributed by atoms with van der Waals surface area (Å²) in [6.07, 6.45) is 0. The van der Waals surface area contributed by atoms with Crippen LogP contribution in [0.25, 0.3) is 0 Å². The van der Waals surface area contributed by atoms with Crippen LogP contribution in [0.4, 0.5) is 5.69 Å². The second kappa shape index (κ2) is 6.52. The van der Waals surface area contributed by atoms with Crippen LogP contribution in [-0.4, -0.2) is 17.5 Å². The van der Waals surface area contributed by atoms with Gasteiger partial charge in [0.1, 0.15) is 10.4 Å². The maximum atomic E-state index is 12.3. The summed E-state index contributed by atoms with van der Waals surface area (Å²) >= 11 is 3.30. The Labute approximate surface area is 126 Å². The highest BCUT2D eigenvalue weighted by Gasteiger charge is 2.13. The van der Waals surface area contributed by atoms with E-state index in [4.69, 9.17) is 4.74 Å². The Bertz CT molecular complexity index is 629. The van der Waals surface area contributed by atoms with Crippen molar-refractivity contribution in [1.82, 2.24) is 4.98 Å². The third-order valence-electron chi connectivity index (χ3n) is 2.73. The predicted octanol–water partition coefficient (Wildman–Crippen LogP) is 3.80. The minimum Gasteiger partial charge on any atom is -0.493 e. The number of aryl methyl sites for hydroxylation is 1. The highest BCUT2D eigenvalue weighted by Crippen LogP contribution is 2.21. The van der Waals surface area contributed by atoms with E-state index in [-0.39, 0.29) is 5.91 Å². The van der Waals surface area contributed by atoms with Gasteiger partial charge in [0, 0.05) is 0 Å². The largest absolute Gasteiger partial charge is 0.493 e. The zero-order valence-corrected chi connectivity index (χ0v) is 12.9. The van der Waals surface area contributed by atoms with Gasteiger partial charge in [-0.1, -0.05) is 12.1 Å². The maximum absolute atomic E-state index is 12.3. The van der Waals surface area contributed by atoms with Crippen molar-refractivity contribution in [3.63, 3.8) is 0 Å². The molecular weight excluding hydrogens is 320 g/mol. The lowest BCUT2D eigenvalue weighted by atomic mass is 10.2. The van der Waals surface area contributed by atoms with E-state index in [0.29, 0.717) is 23.6 Å². The van der Waals surface area contributed by atoms with E-state index in [9.17, 15) is 4.79 Å². The van der Waals surface area contributed by atoms with Gasteiger partial charge in [0.2, 0.25) is 0 Å². The molecule has 0 radical (unpaired) electrons. The first-order chi connectivity index (χ1) is 9.61. The molecule has 1 heterocycles. The number of pyridine rings is 1. The number of rotatable bonds is 4. The number of para-hydroxylation sites is 1. The first kappa shape index (κ1) is 14.5. The highest BCUT2D eigenvalue weighted by atomic mass is 79.9. The number of hydrogen-bond acceptors (Lipinski definition) is 3. The summed E-state index contributed by atoms with van der Waals surface area (Å²) in [5.41, 5.74) is 1.95. The number of amides is 1. The summed E-state index contributed by atoms with van der Waals surface area (Å²) in [5.74, 6) is 0.372. The number of carbonyl (C=O) groups is 1. The van der Waals surface area contributed by atoms with Crippen molar-refractivity contribution in [2.45, 2.75) is 13.8 Å². The summed E-state index contributed by atoms with van der Waals surface area (Å²) in [7, 11) is 0. The summed E-state index contributed by atoms with van der Waals surface area (Å²) in [5, 5.41) is 2.85. The van der Waals surface area contributed by atoms with Gasteiger partial charge in [0.25, 0.3) is 5.91 Å².